The number of nitrogens with zero attached hydrogens (tertiary/aromatic N) is 2. The maximum absolute atomic E-state index is 6.46. The van der Waals surface area contributed by atoms with Crippen LogP contribution in [0.4, 0.5) is 0 Å². The molecule has 0 radical (unpaired) electrons. The van der Waals surface area contributed by atoms with Crippen LogP contribution in [0.2, 0.25) is 5.02 Å². The topological polar surface area (TPSA) is 43.8 Å². The summed E-state index contributed by atoms with van der Waals surface area (Å²) in [5, 5.41) is 0.697. The summed E-state index contributed by atoms with van der Waals surface area (Å²) in [6.45, 7) is 3.44. The van der Waals surface area contributed by atoms with Gasteiger partial charge in [-0.2, -0.15) is 0 Å². The minimum absolute atomic E-state index is 0.253. The Morgan fingerprint density at radius 1 is 1.16 bits per heavy atom. The molecule has 1 saturated heterocycles. The van der Waals surface area contributed by atoms with Crippen molar-refractivity contribution < 1.29 is 14.2 Å². The summed E-state index contributed by atoms with van der Waals surface area (Å²) in [5.74, 6) is 1.47. The lowest BCUT2D eigenvalue weighted by Crippen LogP contribution is -2.31. The van der Waals surface area contributed by atoms with E-state index in [-0.39, 0.29) is 12.9 Å². The second kappa shape index (κ2) is 7.60. The molecule has 2 aliphatic heterocycles. The fourth-order valence-electron chi connectivity index (χ4n) is 3.30. The lowest BCUT2D eigenvalue weighted by atomic mass is 10.1. The molecule has 0 spiro atoms. The van der Waals surface area contributed by atoms with E-state index in [0.29, 0.717) is 17.3 Å². The van der Waals surface area contributed by atoms with Crippen LogP contribution >= 0.6 is 11.6 Å². The van der Waals surface area contributed by atoms with E-state index in [1.807, 2.05) is 36.5 Å². The Hall–Kier alpha value is -1.82. The van der Waals surface area contributed by atoms with Gasteiger partial charge in [-0.05, 0) is 36.6 Å². The number of halogens is 1. The fraction of sp³-hybridized carbons (Fsp3) is 0.421. The van der Waals surface area contributed by atoms with Crippen molar-refractivity contribution in [1.82, 2.24) is 9.88 Å². The van der Waals surface area contributed by atoms with Gasteiger partial charge in [-0.3, -0.25) is 9.88 Å². The molecule has 1 fully saturated rings. The van der Waals surface area contributed by atoms with Crippen molar-refractivity contribution in [3.05, 3.63) is 52.8 Å². The molecular weight excluding hydrogens is 340 g/mol. The monoisotopic (exact) mass is 360 g/mol. The molecule has 1 aromatic heterocycles. The van der Waals surface area contributed by atoms with E-state index in [2.05, 4.69) is 9.88 Å². The third kappa shape index (κ3) is 4.06. The summed E-state index contributed by atoms with van der Waals surface area (Å²) >= 11 is 6.46. The van der Waals surface area contributed by atoms with Gasteiger partial charge < -0.3 is 14.2 Å². The summed E-state index contributed by atoms with van der Waals surface area (Å²) < 4.78 is 16.7. The predicted molar refractivity (Wildman–Crippen MR) is 94.9 cm³/mol. The van der Waals surface area contributed by atoms with Gasteiger partial charge in [0, 0.05) is 43.5 Å². The molecular formula is C19H21ClN2O3. The zero-order valence-corrected chi connectivity index (χ0v) is 14.7. The van der Waals surface area contributed by atoms with Crippen molar-refractivity contribution in [2.75, 3.05) is 19.9 Å². The third-order valence-electron chi connectivity index (χ3n) is 4.53. The number of benzene rings is 1. The van der Waals surface area contributed by atoms with E-state index in [1.165, 1.54) is 0 Å². The molecule has 0 N–H and O–H groups in total. The Morgan fingerprint density at radius 3 is 2.80 bits per heavy atom. The molecule has 2 aromatic rings. The smallest absolute Gasteiger partial charge is 0.231 e. The van der Waals surface area contributed by atoms with E-state index in [9.17, 15) is 0 Å². The van der Waals surface area contributed by atoms with Crippen molar-refractivity contribution in [2.24, 2.45) is 0 Å². The van der Waals surface area contributed by atoms with Gasteiger partial charge in [-0.15, -0.1) is 0 Å². The summed E-state index contributed by atoms with van der Waals surface area (Å²) in [7, 11) is 0. The minimum Gasteiger partial charge on any atom is -0.454 e. The number of ether oxygens (including phenoxy) is 3. The normalized spacial score (nSPS) is 18.9. The number of hydrogen-bond acceptors (Lipinski definition) is 5. The first-order valence-corrected chi connectivity index (χ1v) is 8.97. The molecule has 0 unspecified atom stereocenters. The molecule has 2 aliphatic rings. The number of pyridine rings is 1. The Kier molecular flexibility index (Phi) is 5.06. The van der Waals surface area contributed by atoms with Crippen LogP contribution in [0.1, 0.15) is 24.1 Å². The standard InChI is InChI=1S/C19H21ClN2O3/c20-17-9-19-18(24-13-25-19)8-14(17)10-22(12-16-5-3-7-23-16)11-15-4-1-2-6-21-15/h1-2,4,6,8-9,16H,3,5,7,10-13H2/t16-/m1/s1. The first-order valence-electron chi connectivity index (χ1n) is 8.60. The van der Waals surface area contributed by atoms with Crippen LogP contribution in [0, 0.1) is 0 Å². The Balaban J connectivity index is 1.52. The number of fused-ring (bicyclic) bond motifs is 1. The zero-order chi connectivity index (χ0) is 17.1. The van der Waals surface area contributed by atoms with Gasteiger partial charge in [0.15, 0.2) is 11.5 Å². The van der Waals surface area contributed by atoms with Crippen molar-refractivity contribution in [3.8, 4) is 11.5 Å². The average Bonchev–Trinajstić information content (AvgIpc) is 3.27. The second-order valence-corrected chi connectivity index (χ2v) is 6.83. The number of aromatic nitrogens is 1. The quantitative estimate of drug-likeness (QED) is 0.786. The maximum Gasteiger partial charge on any atom is 0.231 e. The zero-order valence-electron chi connectivity index (χ0n) is 14.0. The SMILES string of the molecule is Clc1cc2c(cc1CN(Cc1ccccn1)C[C@H]1CCCO1)OCO2. The second-order valence-electron chi connectivity index (χ2n) is 6.42. The van der Waals surface area contributed by atoms with Gasteiger partial charge >= 0.3 is 0 Å². The molecule has 3 heterocycles. The van der Waals surface area contributed by atoms with Crippen molar-refractivity contribution >= 4 is 11.6 Å². The third-order valence-corrected chi connectivity index (χ3v) is 4.88. The van der Waals surface area contributed by atoms with Gasteiger partial charge in [0.25, 0.3) is 0 Å². The fourth-order valence-corrected chi connectivity index (χ4v) is 3.52. The summed E-state index contributed by atoms with van der Waals surface area (Å²) in [6, 6.07) is 9.81. The molecule has 132 valence electrons. The van der Waals surface area contributed by atoms with Gasteiger partial charge in [0.05, 0.1) is 11.8 Å². The van der Waals surface area contributed by atoms with E-state index in [4.69, 9.17) is 25.8 Å². The first kappa shape index (κ1) is 16.6. The van der Waals surface area contributed by atoms with Crippen molar-refractivity contribution in [2.45, 2.75) is 32.0 Å². The Bertz CT molecular complexity index is 720. The van der Waals surface area contributed by atoms with Crippen LogP contribution in [-0.4, -0.2) is 35.9 Å². The molecule has 0 saturated carbocycles. The predicted octanol–water partition coefficient (Wildman–Crippen LogP) is 3.64. The highest BCUT2D eigenvalue weighted by Crippen LogP contribution is 2.37. The molecule has 0 bridgehead atoms. The van der Waals surface area contributed by atoms with Crippen LogP contribution in [0.15, 0.2) is 36.5 Å². The van der Waals surface area contributed by atoms with Gasteiger partial charge in [0.2, 0.25) is 6.79 Å². The van der Waals surface area contributed by atoms with Crippen molar-refractivity contribution in [3.63, 3.8) is 0 Å². The van der Waals surface area contributed by atoms with Crippen LogP contribution in [-0.2, 0) is 17.8 Å². The lowest BCUT2D eigenvalue weighted by molar-refractivity contribution is 0.0675. The van der Waals surface area contributed by atoms with Crippen LogP contribution < -0.4 is 9.47 Å². The highest BCUT2D eigenvalue weighted by molar-refractivity contribution is 6.31. The summed E-state index contributed by atoms with van der Waals surface area (Å²) in [6.07, 6.45) is 4.34. The molecule has 25 heavy (non-hydrogen) atoms. The largest absolute Gasteiger partial charge is 0.454 e. The Morgan fingerprint density at radius 2 is 2.04 bits per heavy atom. The van der Waals surface area contributed by atoms with Crippen LogP contribution in [0.5, 0.6) is 11.5 Å². The summed E-state index contributed by atoms with van der Waals surface area (Å²) in [4.78, 5) is 6.79. The highest BCUT2D eigenvalue weighted by atomic mass is 35.5. The lowest BCUT2D eigenvalue weighted by Gasteiger charge is -2.25. The maximum atomic E-state index is 6.46. The molecule has 5 nitrogen and oxygen atoms in total. The molecule has 0 aliphatic carbocycles. The average molecular weight is 361 g/mol. The van der Waals surface area contributed by atoms with Crippen LogP contribution in [0.25, 0.3) is 0 Å². The molecule has 1 aromatic carbocycles. The summed E-state index contributed by atoms with van der Waals surface area (Å²) in [5.41, 5.74) is 2.07. The van der Waals surface area contributed by atoms with Gasteiger partial charge in [0.1, 0.15) is 0 Å². The van der Waals surface area contributed by atoms with E-state index < -0.39 is 0 Å². The first-order chi connectivity index (χ1) is 12.3. The van der Waals surface area contributed by atoms with Gasteiger partial charge in [-0.25, -0.2) is 0 Å². The van der Waals surface area contributed by atoms with Crippen molar-refractivity contribution in [1.29, 1.82) is 0 Å². The Labute approximate surface area is 152 Å². The highest BCUT2D eigenvalue weighted by Gasteiger charge is 2.22. The van der Waals surface area contributed by atoms with E-state index in [1.54, 1.807) is 0 Å². The minimum atomic E-state index is 0.253. The molecule has 4 rings (SSSR count). The number of rotatable bonds is 6. The molecule has 1 atom stereocenters. The molecule has 0 amide bonds. The van der Waals surface area contributed by atoms with E-state index >= 15 is 0 Å². The van der Waals surface area contributed by atoms with Gasteiger partial charge in [-0.1, -0.05) is 17.7 Å². The molecule has 6 heteroatoms. The van der Waals surface area contributed by atoms with Crippen LogP contribution in [0.3, 0.4) is 0 Å². The number of hydrogen-bond donors (Lipinski definition) is 0. The van der Waals surface area contributed by atoms with E-state index in [0.717, 1.165) is 49.5 Å².